The highest BCUT2D eigenvalue weighted by molar-refractivity contribution is 5.94. The van der Waals surface area contributed by atoms with E-state index in [0.717, 1.165) is 0 Å². The highest BCUT2D eigenvalue weighted by Crippen LogP contribution is 2.14. The maximum absolute atomic E-state index is 11.4. The van der Waals surface area contributed by atoms with E-state index in [0.29, 0.717) is 17.9 Å². The lowest BCUT2D eigenvalue weighted by molar-refractivity contribution is -0.148. The van der Waals surface area contributed by atoms with Gasteiger partial charge in [-0.3, -0.25) is 4.79 Å². The Kier molecular flexibility index (Phi) is 5.10. The molecular weight excluding hydrogens is 244 g/mol. The summed E-state index contributed by atoms with van der Waals surface area (Å²) in [5.41, 5.74) is 0.557. The standard InChI is InChI=1S/C15H20O4/c1-11(16)12-5-7-13(8-6-12)18-9-14(17)19-10-15(2,3)4/h5-8H,9-10H2,1-4H3. The van der Waals surface area contributed by atoms with Gasteiger partial charge in [0.05, 0.1) is 6.61 Å². The molecule has 0 aliphatic rings. The Hall–Kier alpha value is -1.84. The smallest absolute Gasteiger partial charge is 0.344 e. The number of ether oxygens (including phenoxy) is 2. The first kappa shape index (κ1) is 15.2. The van der Waals surface area contributed by atoms with Gasteiger partial charge in [0.25, 0.3) is 0 Å². The number of carbonyl (C=O) groups is 2. The van der Waals surface area contributed by atoms with E-state index in [2.05, 4.69) is 0 Å². The van der Waals surface area contributed by atoms with Crippen LogP contribution in [0.15, 0.2) is 24.3 Å². The van der Waals surface area contributed by atoms with E-state index in [4.69, 9.17) is 9.47 Å². The van der Waals surface area contributed by atoms with Crippen LogP contribution in [0.2, 0.25) is 0 Å². The van der Waals surface area contributed by atoms with Crippen LogP contribution in [-0.4, -0.2) is 25.0 Å². The molecule has 0 saturated carbocycles. The molecule has 0 atom stereocenters. The van der Waals surface area contributed by atoms with Gasteiger partial charge in [0, 0.05) is 5.56 Å². The number of hydrogen-bond donors (Lipinski definition) is 0. The van der Waals surface area contributed by atoms with E-state index in [-0.39, 0.29) is 17.8 Å². The molecule has 1 aromatic rings. The summed E-state index contributed by atoms with van der Waals surface area (Å²) in [7, 11) is 0. The van der Waals surface area contributed by atoms with E-state index >= 15 is 0 Å². The zero-order chi connectivity index (χ0) is 14.5. The van der Waals surface area contributed by atoms with Gasteiger partial charge >= 0.3 is 5.97 Å². The Labute approximate surface area is 113 Å². The van der Waals surface area contributed by atoms with Crippen molar-refractivity contribution in [2.75, 3.05) is 13.2 Å². The third kappa shape index (κ3) is 6.04. The summed E-state index contributed by atoms with van der Waals surface area (Å²) in [6.07, 6.45) is 0. The van der Waals surface area contributed by atoms with E-state index < -0.39 is 5.97 Å². The average molecular weight is 264 g/mol. The summed E-state index contributed by atoms with van der Waals surface area (Å²) in [4.78, 5) is 22.5. The van der Waals surface area contributed by atoms with Crippen molar-refractivity contribution in [2.45, 2.75) is 27.7 Å². The number of benzene rings is 1. The van der Waals surface area contributed by atoms with Gasteiger partial charge in [-0.1, -0.05) is 20.8 Å². The molecule has 0 radical (unpaired) electrons. The molecule has 0 fully saturated rings. The molecule has 0 unspecified atom stereocenters. The monoisotopic (exact) mass is 264 g/mol. The van der Waals surface area contributed by atoms with E-state index in [1.807, 2.05) is 20.8 Å². The van der Waals surface area contributed by atoms with E-state index in [1.165, 1.54) is 6.92 Å². The normalized spacial score (nSPS) is 10.9. The number of rotatable bonds is 5. The van der Waals surface area contributed by atoms with Crippen LogP contribution in [0.5, 0.6) is 5.75 Å². The van der Waals surface area contributed by atoms with E-state index in [1.54, 1.807) is 24.3 Å². The molecule has 0 spiro atoms. The van der Waals surface area contributed by atoms with Gasteiger partial charge in [-0.25, -0.2) is 4.79 Å². The first-order valence-electron chi connectivity index (χ1n) is 6.17. The number of ketones is 1. The average Bonchev–Trinajstić information content (AvgIpc) is 2.33. The molecule has 1 rings (SSSR count). The zero-order valence-corrected chi connectivity index (χ0v) is 11.9. The minimum atomic E-state index is -0.398. The summed E-state index contributed by atoms with van der Waals surface area (Å²) in [5, 5.41) is 0. The van der Waals surface area contributed by atoms with Crippen molar-refractivity contribution in [3.8, 4) is 5.75 Å². The maximum atomic E-state index is 11.4. The molecule has 1 aromatic carbocycles. The molecule has 0 amide bonds. The predicted molar refractivity (Wildman–Crippen MR) is 72.4 cm³/mol. The first-order chi connectivity index (χ1) is 8.78. The fraction of sp³-hybridized carbons (Fsp3) is 0.467. The Balaban J connectivity index is 2.40. The number of esters is 1. The van der Waals surface area contributed by atoms with Crippen molar-refractivity contribution in [1.29, 1.82) is 0 Å². The highest BCUT2D eigenvalue weighted by atomic mass is 16.6. The van der Waals surface area contributed by atoms with Gasteiger partial charge < -0.3 is 9.47 Å². The van der Waals surface area contributed by atoms with Crippen molar-refractivity contribution in [3.63, 3.8) is 0 Å². The minimum absolute atomic E-state index is 0.00358. The molecule has 0 aliphatic heterocycles. The zero-order valence-electron chi connectivity index (χ0n) is 11.9. The van der Waals surface area contributed by atoms with Gasteiger partial charge in [0.1, 0.15) is 5.75 Å². The SMILES string of the molecule is CC(=O)c1ccc(OCC(=O)OCC(C)(C)C)cc1. The van der Waals surface area contributed by atoms with Gasteiger partial charge in [0.2, 0.25) is 0 Å². The molecule has 4 nitrogen and oxygen atoms in total. The van der Waals surface area contributed by atoms with Gasteiger partial charge in [0.15, 0.2) is 12.4 Å². The van der Waals surface area contributed by atoms with Crippen molar-refractivity contribution < 1.29 is 19.1 Å². The Bertz CT molecular complexity index is 440. The highest BCUT2D eigenvalue weighted by Gasteiger charge is 2.14. The Morgan fingerprint density at radius 2 is 1.68 bits per heavy atom. The second kappa shape index (κ2) is 6.36. The van der Waals surface area contributed by atoms with Gasteiger partial charge in [-0.15, -0.1) is 0 Å². The lowest BCUT2D eigenvalue weighted by Gasteiger charge is -2.17. The fourth-order valence-corrected chi connectivity index (χ4v) is 1.27. The summed E-state index contributed by atoms with van der Waals surface area (Å²) in [5.74, 6) is 0.138. The van der Waals surface area contributed by atoms with Crippen LogP contribution in [0.3, 0.4) is 0 Å². The van der Waals surface area contributed by atoms with Crippen LogP contribution >= 0.6 is 0 Å². The van der Waals surface area contributed by atoms with Crippen molar-refractivity contribution in [3.05, 3.63) is 29.8 Å². The molecular formula is C15H20O4. The minimum Gasteiger partial charge on any atom is -0.482 e. The Morgan fingerprint density at radius 1 is 1.11 bits per heavy atom. The molecule has 0 saturated heterocycles. The number of hydrogen-bond acceptors (Lipinski definition) is 4. The van der Waals surface area contributed by atoms with Crippen molar-refractivity contribution >= 4 is 11.8 Å². The molecule has 0 N–H and O–H groups in total. The molecule has 0 heterocycles. The third-order valence-corrected chi connectivity index (χ3v) is 2.28. The summed E-state index contributed by atoms with van der Waals surface area (Å²) in [6.45, 7) is 7.69. The molecule has 0 bridgehead atoms. The molecule has 4 heteroatoms. The largest absolute Gasteiger partial charge is 0.482 e. The number of Topliss-reactive ketones (excluding diaryl/α,β-unsaturated/α-hetero) is 1. The Morgan fingerprint density at radius 3 is 2.16 bits per heavy atom. The third-order valence-electron chi connectivity index (χ3n) is 2.28. The van der Waals surface area contributed by atoms with Crippen LogP contribution in [0.1, 0.15) is 38.1 Å². The molecule has 0 aromatic heterocycles. The van der Waals surface area contributed by atoms with Crippen LogP contribution in [0.4, 0.5) is 0 Å². The van der Waals surface area contributed by atoms with Crippen molar-refractivity contribution in [1.82, 2.24) is 0 Å². The maximum Gasteiger partial charge on any atom is 0.344 e. The van der Waals surface area contributed by atoms with Crippen LogP contribution in [0, 0.1) is 5.41 Å². The molecule has 104 valence electrons. The second-order valence-electron chi connectivity index (χ2n) is 5.59. The van der Waals surface area contributed by atoms with Crippen LogP contribution in [-0.2, 0) is 9.53 Å². The van der Waals surface area contributed by atoms with Gasteiger partial charge in [-0.05, 0) is 36.6 Å². The summed E-state index contributed by atoms with van der Waals surface area (Å²) in [6, 6.07) is 6.65. The first-order valence-corrected chi connectivity index (χ1v) is 6.17. The quantitative estimate of drug-likeness (QED) is 0.606. The lowest BCUT2D eigenvalue weighted by atomic mass is 9.99. The summed E-state index contributed by atoms with van der Waals surface area (Å²) >= 11 is 0. The fourth-order valence-electron chi connectivity index (χ4n) is 1.27. The van der Waals surface area contributed by atoms with Crippen molar-refractivity contribution in [2.24, 2.45) is 5.41 Å². The lowest BCUT2D eigenvalue weighted by Crippen LogP contribution is -2.22. The number of carbonyl (C=O) groups excluding carboxylic acids is 2. The predicted octanol–water partition coefficient (Wildman–Crippen LogP) is 2.86. The topological polar surface area (TPSA) is 52.6 Å². The van der Waals surface area contributed by atoms with Crippen LogP contribution in [0.25, 0.3) is 0 Å². The molecule has 19 heavy (non-hydrogen) atoms. The van der Waals surface area contributed by atoms with Gasteiger partial charge in [-0.2, -0.15) is 0 Å². The van der Waals surface area contributed by atoms with E-state index in [9.17, 15) is 9.59 Å². The van der Waals surface area contributed by atoms with Crippen LogP contribution < -0.4 is 4.74 Å². The second-order valence-corrected chi connectivity index (χ2v) is 5.59. The summed E-state index contributed by atoms with van der Waals surface area (Å²) < 4.78 is 10.4. The molecule has 0 aliphatic carbocycles.